The second-order valence-electron chi connectivity index (χ2n) is 2.95. The van der Waals surface area contributed by atoms with Gasteiger partial charge >= 0.3 is 0 Å². The highest BCUT2D eigenvalue weighted by molar-refractivity contribution is 4.72. The first-order valence-electron chi connectivity index (χ1n) is 4.28. The van der Waals surface area contributed by atoms with Gasteiger partial charge in [-0.3, -0.25) is 0 Å². The summed E-state index contributed by atoms with van der Waals surface area (Å²) in [6.07, 6.45) is 3.21. The molecule has 0 aromatic heterocycles. The topological polar surface area (TPSA) is 60.7 Å². The molecule has 3 N–H and O–H groups in total. The minimum Gasteiger partial charge on any atom is -0.394 e. The Morgan fingerprint density at radius 3 is 2.25 bits per heavy atom. The van der Waals surface area contributed by atoms with Gasteiger partial charge in [0.1, 0.15) is 0 Å². The Labute approximate surface area is 73.4 Å². The summed E-state index contributed by atoms with van der Waals surface area (Å²) in [5, 5.41) is 26.6. The first-order valence-corrected chi connectivity index (χ1v) is 4.28. The largest absolute Gasteiger partial charge is 0.394 e. The maximum Gasteiger partial charge on any atom is 0.0771 e. The third kappa shape index (κ3) is 6.34. The Bertz CT molecular complexity index is 114. The minimum absolute atomic E-state index is 0.197. The van der Waals surface area contributed by atoms with E-state index < -0.39 is 6.10 Å². The molecule has 0 fully saturated rings. The number of hydrogen-bond donors (Lipinski definition) is 3. The standard InChI is InChI=1S/C9H18O3/c1-2-4-8(11)5-3-6-9(12)7-10/h2,8-12H,1,3-7H2/t8-,9+/m0/s1. The van der Waals surface area contributed by atoms with Gasteiger partial charge in [-0.1, -0.05) is 6.08 Å². The van der Waals surface area contributed by atoms with E-state index in [-0.39, 0.29) is 12.7 Å². The summed E-state index contributed by atoms with van der Waals surface area (Å²) in [7, 11) is 0. The molecule has 2 atom stereocenters. The van der Waals surface area contributed by atoms with Gasteiger partial charge in [0.25, 0.3) is 0 Å². The van der Waals surface area contributed by atoms with Crippen LogP contribution in [0.2, 0.25) is 0 Å². The van der Waals surface area contributed by atoms with Crippen LogP contribution in [-0.2, 0) is 0 Å². The van der Waals surface area contributed by atoms with Crippen LogP contribution < -0.4 is 0 Å². The van der Waals surface area contributed by atoms with Gasteiger partial charge in [0.15, 0.2) is 0 Å². The van der Waals surface area contributed by atoms with Gasteiger partial charge in [-0.15, -0.1) is 6.58 Å². The number of hydrogen-bond acceptors (Lipinski definition) is 3. The highest BCUT2D eigenvalue weighted by atomic mass is 16.3. The summed E-state index contributed by atoms with van der Waals surface area (Å²) >= 11 is 0. The fourth-order valence-electron chi connectivity index (χ4n) is 0.991. The molecule has 12 heavy (non-hydrogen) atoms. The van der Waals surface area contributed by atoms with E-state index in [1.807, 2.05) is 0 Å². The predicted molar refractivity (Wildman–Crippen MR) is 47.8 cm³/mol. The molecule has 0 amide bonds. The van der Waals surface area contributed by atoms with Crippen LogP contribution in [0.1, 0.15) is 25.7 Å². The van der Waals surface area contributed by atoms with Crippen LogP contribution in [0.25, 0.3) is 0 Å². The number of aliphatic hydroxyl groups is 3. The molecule has 0 aliphatic rings. The van der Waals surface area contributed by atoms with Crippen molar-refractivity contribution in [2.24, 2.45) is 0 Å². The third-order valence-electron chi connectivity index (χ3n) is 1.72. The van der Waals surface area contributed by atoms with Gasteiger partial charge in [0.2, 0.25) is 0 Å². The molecule has 0 aliphatic heterocycles. The summed E-state index contributed by atoms with van der Waals surface area (Å²) in [6.45, 7) is 3.31. The zero-order valence-corrected chi connectivity index (χ0v) is 7.32. The van der Waals surface area contributed by atoms with E-state index in [1.54, 1.807) is 6.08 Å². The summed E-state index contributed by atoms with van der Waals surface area (Å²) in [6, 6.07) is 0. The quantitative estimate of drug-likeness (QED) is 0.491. The molecule has 0 saturated carbocycles. The Hall–Kier alpha value is -0.380. The van der Waals surface area contributed by atoms with Gasteiger partial charge in [0, 0.05) is 0 Å². The molecule has 0 aromatic rings. The van der Waals surface area contributed by atoms with E-state index in [2.05, 4.69) is 6.58 Å². The van der Waals surface area contributed by atoms with Crippen molar-refractivity contribution >= 4 is 0 Å². The number of aliphatic hydroxyl groups excluding tert-OH is 3. The normalized spacial score (nSPS) is 15.6. The van der Waals surface area contributed by atoms with E-state index >= 15 is 0 Å². The molecular weight excluding hydrogens is 156 g/mol. The fraction of sp³-hybridized carbons (Fsp3) is 0.778. The first-order chi connectivity index (χ1) is 5.70. The van der Waals surface area contributed by atoms with Crippen molar-refractivity contribution < 1.29 is 15.3 Å². The lowest BCUT2D eigenvalue weighted by Crippen LogP contribution is -2.13. The lowest BCUT2D eigenvalue weighted by atomic mass is 10.1. The molecule has 0 aliphatic carbocycles. The first kappa shape index (κ1) is 11.6. The van der Waals surface area contributed by atoms with Crippen molar-refractivity contribution in [2.75, 3.05) is 6.61 Å². The molecule has 0 heterocycles. The van der Waals surface area contributed by atoms with Crippen molar-refractivity contribution in [2.45, 2.75) is 37.9 Å². The monoisotopic (exact) mass is 174 g/mol. The van der Waals surface area contributed by atoms with Crippen LogP contribution in [0.5, 0.6) is 0 Å². The fourth-order valence-corrected chi connectivity index (χ4v) is 0.991. The molecule has 3 nitrogen and oxygen atoms in total. The van der Waals surface area contributed by atoms with E-state index in [9.17, 15) is 5.11 Å². The predicted octanol–water partition coefficient (Wildman–Crippen LogP) is 0.447. The molecule has 0 bridgehead atoms. The van der Waals surface area contributed by atoms with Crippen molar-refractivity contribution in [3.05, 3.63) is 12.7 Å². The Kier molecular flexibility index (Phi) is 7.05. The summed E-state index contributed by atoms with van der Waals surface area (Å²) in [5.74, 6) is 0. The highest BCUT2D eigenvalue weighted by Gasteiger charge is 2.04. The van der Waals surface area contributed by atoms with Gasteiger partial charge in [-0.25, -0.2) is 0 Å². The van der Waals surface area contributed by atoms with Crippen LogP contribution in [-0.4, -0.2) is 34.1 Å². The SMILES string of the molecule is C=CC[C@H](O)CCC[C@@H](O)CO. The van der Waals surface area contributed by atoms with E-state index in [1.165, 1.54) is 0 Å². The van der Waals surface area contributed by atoms with Gasteiger partial charge in [-0.05, 0) is 25.7 Å². The molecule has 0 spiro atoms. The molecular formula is C9H18O3. The summed E-state index contributed by atoms with van der Waals surface area (Å²) in [4.78, 5) is 0. The smallest absolute Gasteiger partial charge is 0.0771 e. The summed E-state index contributed by atoms with van der Waals surface area (Å²) in [5.41, 5.74) is 0. The van der Waals surface area contributed by atoms with Crippen LogP contribution in [0.4, 0.5) is 0 Å². The van der Waals surface area contributed by atoms with E-state index in [0.29, 0.717) is 19.3 Å². The molecule has 3 heteroatoms. The van der Waals surface area contributed by atoms with Crippen LogP contribution in [0, 0.1) is 0 Å². The van der Waals surface area contributed by atoms with E-state index in [4.69, 9.17) is 10.2 Å². The van der Waals surface area contributed by atoms with Crippen molar-refractivity contribution in [3.63, 3.8) is 0 Å². The average molecular weight is 174 g/mol. The van der Waals surface area contributed by atoms with Crippen molar-refractivity contribution in [1.82, 2.24) is 0 Å². The molecule has 72 valence electrons. The molecule has 0 saturated heterocycles. The lowest BCUT2D eigenvalue weighted by Gasteiger charge is -2.09. The van der Waals surface area contributed by atoms with Gasteiger partial charge in [0.05, 0.1) is 18.8 Å². The third-order valence-corrected chi connectivity index (χ3v) is 1.72. The van der Waals surface area contributed by atoms with Crippen molar-refractivity contribution in [1.29, 1.82) is 0 Å². The maximum absolute atomic E-state index is 9.22. The zero-order chi connectivity index (χ0) is 9.40. The zero-order valence-electron chi connectivity index (χ0n) is 7.32. The van der Waals surface area contributed by atoms with Gasteiger partial charge < -0.3 is 15.3 Å². The van der Waals surface area contributed by atoms with Crippen molar-refractivity contribution in [3.8, 4) is 0 Å². The lowest BCUT2D eigenvalue weighted by molar-refractivity contribution is 0.0804. The number of rotatable bonds is 7. The minimum atomic E-state index is -0.638. The van der Waals surface area contributed by atoms with E-state index in [0.717, 1.165) is 6.42 Å². The van der Waals surface area contributed by atoms with Crippen LogP contribution in [0.15, 0.2) is 12.7 Å². The molecule has 0 rings (SSSR count). The molecule has 0 aromatic carbocycles. The summed E-state index contributed by atoms with van der Waals surface area (Å²) < 4.78 is 0. The average Bonchev–Trinajstić information content (AvgIpc) is 2.04. The second-order valence-corrected chi connectivity index (χ2v) is 2.95. The Balaban J connectivity index is 3.23. The second kappa shape index (κ2) is 7.28. The van der Waals surface area contributed by atoms with Gasteiger partial charge in [-0.2, -0.15) is 0 Å². The Morgan fingerprint density at radius 1 is 1.17 bits per heavy atom. The van der Waals surface area contributed by atoms with Crippen LogP contribution in [0.3, 0.4) is 0 Å². The Morgan fingerprint density at radius 2 is 1.75 bits per heavy atom. The van der Waals surface area contributed by atoms with Crippen LogP contribution >= 0.6 is 0 Å². The maximum atomic E-state index is 9.22. The highest BCUT2D eigenvalue weighted by Crippen LogP contribution is 2.06. The molecule has 0 unspecified atom stereocenters. The molecule has 0 radical (unpaired) electrons.